The van der Waals surface area contributed by atoms with E-state index in [-0.39, 0.29) is 5.78 Å². The Labute approximate surface area is 171 Å². The van der Waals surface area contributed by atoms with E-state index in [1.165, 1.54) is 0 Å². The van der Waals surface area contributed by atoms with Crippen molar-refractivity contribution in [3.63, 3.8) is 0 Å². The average molecular weight is 397 g/mol. The van der Waals surface area contributed by atoms with Crippen molar-refractivity contribution in [3.05, 3.63) is 59.2 Å². The van der Waals surface area contributed by atoms with Crippen molar-refractivity contribution in [2.45, 2.75) is 6.54 Å². The Balaban J connectivity index is 1.78. The number of carbonyl (C=O) groups is 1. The number of nitrogens with zero attached hydrogens (tertiary/aromatic N) is 1. The molecule has 0 radical (unpaired) electrons. The second-order valence-corrected chi connectivity index (χ2v) is 6.72. The third kappa shape index (κ3) is 5.37. The molecule has 154 valence electrons. The van der Waals surface area contributed by atoms with Gasteiger partial charge in [0.05, 0.1) is 34.5 Å². The van der Waals surface area contributed by atoms with Gasteiger partial charge in [0, 0.05) is 42.4 Å². The van der Waals surface area contributed by atoms with Crippen LogP contribution in [0.2, 0.25) is 0 Å². The molecule has 29 heavy (non-hydrogen) atoms. The third-order valence-corrected chi connectivity index (χ3v) is 4.92. The lowest BCUT2D eigenvalue weighted by atomic mass is 10.0. The lowest BCUT2D eigenvalue weighted by molar-refractivity contribution is 0.0338. The summed E-state index contributed by atoms with van der Waals surface area (Å²) in [6, 6.07) is 11.0. The van der Waals surface area contributed by atoms with Gasteiger partial charge in [-0.15, -0.1) is 0 Å². The lowest BCUT2D eigenvalue weighted by Crippen LogP contribution is -2.35. The van der Waals surface area contributed by atoms with Gasteiger partial charge >= 0.3 is 0 Å². The number of hydrogen-bond acceptors (Lipinski definition) is 6. The van der Waals surface area contributed by atoms with E-state index >= 15 is 0 Å². The quantitative estimate of drug-likeness (QED) is 0.502. The summed E-state index contributed by atoms with van der Waals surface area (Å²) in [6.07, 6.45) is 3.32. The Morgan fingerprint density at radius 2 is 1.76 bits per heavy atom. The van der Waals surface area contributed by atoms with Crippen LogP contribution in [0.25, 0.3) is 6.08 Å². The van der Waals surface area contributed by atoms with Gasteiger partial charge in [0.15, 0.2) is 5.78 Å². The SMILES string of the molecule is COc1ccc(/C=C/C(=O)c2ccc(OC)c(CN3CCOCC3)c2)c(OC)c1. The first-order valence-electron chi connectivity index (χ1n) is 9.56. The summed E-state index contributed by atoms with van der Waals surface area (Å²) < 4.78 is 21.5. The molecule has 0 aromatic heterocycles. The minimum Gasteiger partial charge on any atom is -0.497 e. The van der Waals surface area contributed by atoms with Gasteiger partial charge in [-0.25, -0.2) is 0 Å². The fourth-order valence-corrected chi connectivity index (χ4v) is 3.27. The fourth-order valence-electron chi connectivity index (χ4n) is 3.27. The summed E-state index contributed by atoms with van der Waals surface area (Å²) in [5.74, 6) is 2.06. The van der Waals surface area contributed by atoms with E-state index in [1.54, 1.807) is 45.6 Å². The first-order valence-corrected chi connectivity index (χ1v) is 9.56. The molecule has 0 saturated carbocycles. The summed E-state index contributed by atoms with van der Waals surface area (Å²) in [5, 5.41) is 0. The molecule has 1 aliphatic heterocycles. The predicted octanol–water partition coefficient (Wildman–Crippen LogP) is 3.44. The number of morpholine rings is 1. The van der Waals surface area contributed by atoms with Crippen molar-refractivity contribution in [2.75, 3.05) is 47.6 Å². The molecular formula is C23H27NO5. The van der Waals surface area contributed by atoms with E-state index in [2.05, 4.69) is 4.90 Å². The minimum absolute atomic E-state index is 0.0752. The van der Waals surface area contributed by atoms with Gasteiger partial charge in [-0.2, -0.15) is 0 Å². The van der Waals surface area contributed by atoms with Gasteiger partial charge < -0.3 is 18.9 Å². The molecule has 1 fully saturated rings. The maximum atomic E-state index is 12.8. The van der Waals surface area contributed by atoms with Crippen LogP contribution >= 0.6 is 0 Å². The van der Waals surface area contributed by atoms with Crippen molar-refractivity contribution in [3.8, 4) is 17.2 Å². The lowest BCUT2D eigenvalue weighted by Gasteiger charge is -2.27. The molecule has 0 spiro atoms. The molecule has 0 atom stereocenters. The number of rotatable bonds is 8. The first kappa shape index (κ1) is 20.9. The van der Waals surface area contributed by atoms with Gasteiger partial charge in [0.2, 0.25) is 0 Å². The largest absolute Gasteiger partial charge is 0.497 e. The average Bonchev–Trinajstić information content (AvgIpc) is 2.78. The molecule has 6 nitrogen and oxygen atoms in total. The first-order chi connectivity index (χ1) is 14.1. The van der Waals surface area contributed by atoms with Crippen molar-refractivity contribution in [1.82, 2.24) is 4.90 Å². The molecule has 1 aliphatic rings. The van der Waals surface area contributed by atoms with E-state index in [4.69, 9.17) is 18.9 Å². The number of allylic oxidation sites excluding steroid dienone is 1. The molecule has 0 bridgehead atoms. The fraction of sp³-hybridized carbons (Fsp3) is 0.348. The van der Waals surface area contributed by atoms with E-state index in [1.807, 2.05) is 24.3 Å². The highest BCUT2D eigenvalue weighted by atomic mass is 16.5. The molecule has 1 saturated heterocycles. The van der Waals surface area contributed by atoms with Gasteiger partial charge in [-0.3, -0.25) is 9.69 Å². The number of hydrogen-bond donors (Lipinski definition) is 0. The Morgan fingerprint density at radius 3 is 2.45 bits per heavy atom. The molecular weight excluding hydrogens is 370 g/mol. The molecule has 0 N–H and O–H groups in total. The zero-order chi connectivity index (χ0) is 20.6. The third-order valence-electron chi connectivity index (χ3n) is 4.92. The summed E-state index contributed by atoms with van der Waals surface area (Å²) >= 11 is 0. The Kier molecular flexibility index (Phi) is 7.27. The highest BCUT2D eigenvalue weighted by Gasteiger charge is 2.15. The number of ether oxygens (including phenoxy) is 4. The van der Waals surface area contributed by atoms with Crippen LogP contribution < -0.4 is 14.2 Å². The number of methoxy groups -OCH3 is 3. The van der Waals surface area contributed by atoms with Crippen LogP contribution in [0, 0.1) is 0 Å². The molecule has 3 rings (SSSR count). The molecule has 0 aliphatic carbocycles. The van der Waals surface area contributed by atoms with Crippen LogP contribution in [0.15, 0.2) is 42.5 Å². The van der Waals surface area contributed by atoms with Gasteiger partial charge in [0.1, 0.15) is 17.2 Å². The monoisotopic (exact) mass is 397 g/mol. The highest BCUT2D eigenvalue weighted by molar-refractivity contribution is 6.07. The molecule has 0 unspecified atom stereocenters. The normalized spacial score (nSPS) is 14.7. The second-order valence-electron chi connectivity index (χ2n) is 6.72. The van der Waals surface area contributed by atoms with E-state index < -0.39 is 0 Å². The summed E-state index contributed by atoms with van der Waals surface area (Å²) in [6.45, 7) is 3.93. The Morgan fingerprint density at radius 1 is 1.00 bits per heavy atom. The maximum absolute atomic E-state index is 12.8. The van der Waals surface area contributed by atoms with Crippen molar-refractivity contribution in [2.24, 2.45) is 0 Å². The second kappa shape index (κ2) is 10.1. The molecule has 6 heteroatoms. The van der Waals surface area contributed by atoms with Gasteiger partial charge in [-0.1, -0.05) is 0 Å². The smallest absolute Gasteiger partial charge is 0.185 e. The molecule has 0 amide bonds. The zero-order valence-electron chi connectivity index (χ0n) is 17.1. The van der Waals surface area contributed by atoms with Crippen molar-refractivity contribution < 1.29 is 23.7 Å². The van der Waals surface area contributed by atoms with Crippen LogP contribution in [0.3, 0.4) is 0 Å². The van der Waals surface area contributed by atoms with Crippen LogP contribution in [0.5, 0.6) is 17.2 Å². The summed E-state index contributed by atoms with van der Waals surface area (Å²) in [7, 11) is 4.84. The number of ketones is 1. The summed E-state index contributed by atoms with van der Waals surface area (Å²) in [5.41, 5.74) is 2.43. The summed E-state index contributed by atoms with van der Waals surface area (Å²) in [4.78, 5) is 15.1. The van der Waals surface area contributed by atoms with Crippen LogP contribution in [0.1, 0.15) is 21.5 Å². The number of benzene rings is 2. The van der Waals surface area contributed by atoms with Crippen molar-refractivity contribution in [1.29, 1.82) is 0 Å². The molecule has 2 aromatic rings. The predicted molar refractivity (Wildman–Crippen MR) is 112 cm³/mol. The zero-order valence-corrected chi connectivity index (χ0v) is 17.1. The molecule has 2 aromatic carbocycles. The maximum Gasteiger partial charge on any atom is 0.185 e. The highest BCUT2D eigenvalue weighted by Crippen LogP contribution is 2.26. The van der Waals surface area contributed by atoms with Gasteiger partial charge in [0.25, 0.3) is 0 Å². The minimum atomic E-state index is -0.0752. The van der Waals surface area contributed by atoms with Crippen LogP contribution in [-0.2, 0) is 11.3 Å². The van der Waals surface area contributed by atoms with Gasteiger partial charge in [-0.05, 0) is 42.5 Å². The number of carbonyl (C=O) groups excluding carboxylic acids is 1. The Bertz CT molecular complexity index is 872. The topological polar surface area (TPSA) is 57.2 Å². The van der Waals surface area contributed by atoms with E-state index in [0.29, 0.717) is 17.1 Å². The van der Waals surface area contributed by atoms with Crippen LogP contribution in [0.4, 0.5) is 0 Å². The van der Waals surface area contributed by atoms with Crippen molar-refractivity contribution >= 4 is 11.9 Å². The Hall–Kier alpha value is -2.83. The van der Waals surface area contributed by atoms with E-state index in [9.17, 15) is 4.79 Å². The standard InChI is InChI=1S/C23H27NO5/c1-26-20-7-4-17(23(15-20)28-3)5-8-21(25)18-6-9-22(27-2)19(14-18)16-24-10-12-29-13-11-24/h4-9,14-15H,10-13,16H2,1-3H3/b8-5+. The van der Waals surface area contributed by atoms with E-state index in [0.717, 1.165) is 49.7 Å². The molecule has 1 heterocycles. The van der Waals surface area contributed by atoms with Crippen LogP contribution in [-0.4, -0.2) is 58.3 Å².